The van der Waals surface area contributed by atoms with Gasteiger partial charge >= 0.3 is 0 Å². The number of hydrogen-bond donors (Lipinski definition) is 2. The topological polar surface area (TPSA) is 84.1 Å². The summed E-state index contributed by atoms with van der Waals surface area (Å²) in [5.74, 6) is 0.689. The molecule has 0 radical (unpaired) electrons. The fourth-order valence-electron chi connectivity index (χ4n) is 3.07. The maximum atomic E-state index is 12.6. The molecular formula is C21H19N3O3S. The van der Waals surface area contributed by atoms with Gasteiger partial charge in [-0.15, -0.1) is 0 Å². The van der Waals surface area contributed by atoms with E-state index in [9.17, 15) is 8.42 Å². The molecule has 0 aliphatic heterocycles. The highest BCUT2D eigenvalue weighted by Gasteiger charge is 2.14. The number of nitrogens with one attached hydrogen (secondary N) is 2. The minimum atomic E-state index is -3.62. The van der Waals surface area contributed by atoms with Crippen molar-refractivity contribution in [3.63, 3.8) is 0 Å². The summed E-state index contributed by atoms with van der Waals surface area (Å²) < 4.78 is 33.0. The monoisotopic (exact) mass is 393 g/mol. The van der Waals surface area contributed by atoms with Crippen molar-refractivity contribution in [2.45, 2.75) is 11.4 Å². The van der Waals surface area contributed by atoms with Gasteiger partial charge in [0.2, 0.25) is 10.0 Å². The Morgan fingerprint density at radius 1 is 1.07 bits per heavy atom. The van der Waals surface area contributed by atoms with E-state index >= 15 is 0 Å². The molecule has 2 heterocycles. The normalized spacial score (nSPS) is 11.6. The Bertz CT molecular complexity index is 1220. The Hall–Kier alpha value is -3.16. The van der Waals surface area contributed by atoms with Crippen molar-refractivity contribution < 1.29 is 13.2 Å². The molecule has 0 saturated heterocycles. The van der Waals surface area contributed by atoms with Gasteiger partial charge in [-0.25, -0.2) is 18.1 Å². The van der Waals surface area contributed by atoms with Gasteiger partial charge in [-0.2, -0.15) is 0 Å². The Morgan fingerprint density at radius 3 is 2.68 bits per heavy atom. The van der Waals surface area contributed by atoms with Gasteiger partial charge in [0, 0.05) is 24.3 Å². The molecule has 0 fully saturated rings. The quantitative estimate of drug-likeness (QED) is 0.523. The molecule has 2 N–H and O–H groups in total. The van der Waals surface area contributed by atoms with E-state index in [1.807, 2.05) is 48.7 Å². The number of aromatic nitrogens is 2. The maximum absolute atomic E-state index is 12.6. The molecule has 7 heteroatoms. The van der Waals surface area contributed by atoms with Gasteiger partial charge in [-0.05, 0) is 53.1 Å². The molecule has 0 aliphatic carbocycles. The first-order valence-electron chi connectivity index (χ1n) is 8.72. The van der Waals surface area contributed by atoms with Crippen molar-refractivity contribution in [2.75, 3.05) is 7.11 Å². The smallest absolute Gasteiger partial charge is 0.240 e. The Kier molecular flexibility index (Phi) is 4.85. The van der Waals surface area contributed by atoms with Gasteiger partial charge in [-0.1, -0.05) is 24.3 Å². The number of sulfonamides is 1. The van der Waals surface area contributed by atoms with Gasteiger partial charge in [0.1, 0.15) is 11.4 Å². The van der Waals surface area contributed by atoms with Crippen LogP contribution in [0.4, 0.5) is 0 Å². The fraction of sp³-hybridized carbons (Fsp3) is 0.0952. The third-order valence-electron chi connectivity index (χ3n) is 4.54. The minimum absolute atomic E-state index is 0.190. The molecule has 6 nitrogen and oxygen atoms in total. The summed E-state index contributed by atoms with van der Waals surface area (Å²) in [6.07, 6.45) is 3.57. The summed E-state index contributed by atoms with van der Waals surface area (Å²) in [4.78, 5) is 7.58. The van der Waals surface area contributed by atoms with E-state index in [1.165, 1.54) is 0 Å². The standard InChI is InChI=1S/C21H19N3O3S/c1-27-17-4-2-3-15(13-17)14-24-28(25,26)18-7-5-16(6-8-18)19-9-11-22-21-20(19)10-12-23-21/h2-13,24H,14H2,1H3,(H,22,23). The van der Waals surface area contributed by atoms with Crippen molar-refractivity contribution in [1.29, 1.82) is 0 Å². The average molecular weight is 393 g/mol. The number of nitrogens with zero attached hydrogens (tertiary/aromatic N) is 1. The second-order valence-corrected chi connectivity index (χ2v) is 8.07. The molecule has 0 atom stereocenters. The second kappa shape index (κ2) is 7.46. The van der Waals surface area contributed by atoms with E-state index in [0.717, 1.165) is 27.7 Å². The molecule has 0 aliphatic rings. The predicted octanol–water partition coefficient (Wildman–Crippen LogP) is 3.72. The average Bonchev–Trinajstić information content (AvgIpc) is 3.21. The zero-order valence-corrected chi connectivity index (χ0v) is 16.0. The zero-order valence-electron chi connectivity index (χ0n) is 15.2. The third-order valence-corrected chi connectivity index (χ3v) is 5.95. The Balaban J connectivity index is 1.55. The Morgan fingerprint density at radius 2 is 1.89 bits per heavy atom. The summed E-state index contributed by atoms with van der Waals surface area (Å²) in [5, 5.41) is 0.995. The maximum Gasteiger partial charge on any atom is 0.240 e. The SMILES string of the molecule is COc1cccc(CNS(=O)(=O)c2ccc(-c3ccnc4[nH]ccc34)cc2)c1. The van der Waals surface area contributed by atoms with E-state index in [1.54, 1.807) is 31.5 Å². The first-order valence-corrected chi connectivity index (χ1v) is 10.2. The molecular weight excluding hydrogens is 374 g/mol. The molecule has 0 amide bonds. The van der Waals surface area contributed by atoms with Crippen molar-refractivity contribution in [3.8, 4) is 16.9 Å². The van der Waals surface area contributed by atoms with Crippen LogP contribution in [0.25, 0.3) is 22.2 Å². The molecule has 142 valence electrons. The number of ether oxygens (including phenoxy) is 1. The van der Waals surface area contributed by atoms with Crippen molar-refractivity contribution >= 4 is 21.1 Å². The first-order chi connectivity index (χ1) is 13.6. The van der Waals surface area contributed by atoms with Crippen LogP contribution in [0, 0.1) is 0 Å². The van der Waals surface area contributed by atoms with E-state index in [2.05, 4.69) is 14.7 Å². The lowest BCUT2D eigenvalue weighted by Crippen LogP contribution is -2.23. The van der Waals surface area contributed by atoms with E-state index < -0.39 is 10.0 Å². The van der Waals surface area contributed by atoms with Crippen LogP contribution >= 0.6 is 0 Å². The summed E-state index contributed by atoms with van der Waals surface area (Å²) in [5.41, 5.74) is 3.55. The summed E-state index contributed by atoms with van der Waals surface area (Å²) in [7, 11) is -2.04. The van der Waals surface area contributed by atoms with Crippen LogP contribution in [-0.4, -0.2) is 25.5 Å². The van der Waals surface area contributed by atoms with Crippen molar-refractivity contribution in [2.24, 2.45) is 0 Å². The number of aromatic amines is 1. The van der Waals surface area contributed by atoms with E-state index in [0.29, 0.717) is 5.75 Å². The van der Waals surface area contributed by atoms with Crippen LogP contribution in [0.2, 0.25) is 0 Å². The van der Waals surface area contributed by atoms with Crippen LogP contribution in [0.3, 0.4) is 0 Å². The van der Waals surface area contributed by atoms with Gasteiger partial charge < -0.3 is 9.72 Å². The number of hydrogen-bond acceptors (Lipinski definition) is 4. The van der Waals surface area contributed by atoms with Crippen molar-refractivity contribution in [3.05, 3.63) is 78.6 Å². The van der Waals surface area contributed by atoms with Gasteiger partial charge in [0.05, 0.1) is 12.0 Å². The predicted molar refractivity (Wildman–Crippen MR) is 109 cm³/mol. The first kappa shape index (κ1) is 18.2. The molecule has 4 aromatic rings. The van der Waals surface area contributed by atoms with Crippen LogP contribution in [0.5, 0.6) is 5.75 Å². The molecule has 0 saturated carbocycles. The van der Waals surface area contributed by atoms with E-state index in [-0.39, 0.29) is 11.4 Å². The lowest BCUT2D eigenvalue weighted by molar-refractivity contribution is 0.414. The number of methoxy groups -OCH3 is 1. The lowest BCUT2D eigenvalue weighted by atomic mass is 10.0. The second-order valence-electron chi connectivity index (χ2n) is 6.30. The number of H-pyrrole nitrogens is 1. The molecule has 4 rings (SSSR count). The molecule has 0 bridgehead atoms. The third kappa shape index (κ3) is 3.62. The van der Waals surface area contributed by atoms with Crippen LogP contribution in [-0.2, 0) is 16.6 Å². The number of fused-ring (bicyclic) bond motifs is 1. The lowest BCUT2D eigenvalue weighted by Gasteiger charge is -2.09. The summed E-state index contributed by atoms with van der Waals surface area (Å²) in [6.45, 7) is 0.190. The highest BCUT2D eigenvalue weighted by atomic mass is 32.2. The van der Waals surface area contributed by atoms with Gasteiger partial charge in [-0.3, -0.25) is 0 Å². The highest BCUT2D eigenvalue weighted by molar-refractivity contribution is 7.89. The van der Waals surface area contributed by atoms with Crippen LogP contribution in [0.1, 0.15) is 5.56 Å². The number of benzene rings is 2. The molecule has 28 heavy (non-hydrogen) atoms. The number of pyridine rings is 1. The molecule has 0 unspecified atom stereocenters. The minimum Gasteiger partial charge on any atom is -0.497 e. The van der Waals surface area contributed by atoms with Crippen LogP contribution < -0.4 is 9.46 Å². The molecule has 2 aromatic heterocycles. The highest BCUT2D eigenvalue weighted by Crippen LogP contribution is 2.27. The van der Waals surface area contributed by atoms with E-state index in [4.69, 9.17) is 4.74 Å². The Labute approximate surface area is 163 Å². The summed E-state index contributed by atoms with van der Waals surface area (Å²) in [6, 6.07) is 18.0. The van der Waals surface area contributed by atoms with Crippen molar-refractivity contribution in [1.82, 2.24) is 14.7 Å². The summed E-state index contributed by atoms with van der Waals surface area (Å²) >= 11 is 0. The van der Waals surface area contributed by atoms with Gasteiger partial charge in [0.25, 0.3) is 0 Å². The van der Waals surface area contributed by atoms with Gasteiger partial charge in [0.15, 0.2) is 0 Å². The molecule has 0 spiro atoms. The fourth-order valence-corrected chi connectivity index (χ4v) is 4.09. The number of rotatable bonds is 6. The molecule has 2 aromatic carbocycles. The largest absolute Gasteiger partial charge is 0.497 e. The van der Waals surface area contributed by atoms with Crippen LogP contribution in [0.15, 0.2) is 78.0 Å². The zero-order chi connectivity index (χ0) is 19.6.